The van der Waals surface area contributed by atoms with Gasteiger partial charge in [-0.15, -0.1) is 0 Å². The molecule has 0 saturated carbocycles. The molecule has 2 saturated heterocycles. The summed E-state index contributed by atoms with van der Waals surface area (Å²) in [5.74, 6) is 0.624. The molecule has 328 valence electrons. The molecule has 63 heavy (non-hydrogen) atoms. The maximum atomic E-state index is 12.4. The summed E-state index contributed by atoms with van der Waals surface area (Å²) in [5, 5.41) is 7.47. The third kappa shape index (κ3) is 11.2. The minimum Gasteiger partial charge on any atom is -0.468 e. The van der Waals surface area contributed by atoms with E-state index in [4.69, 9.17) is 29.9 Å². The van der Waals surface area contributed by atoms with Crippen LogP contribution in [-0.4, -0.2) is 96.1 Å². The number of carbonyl (C=O) groups is 3. The Morgan fingerprint density at radius 2 is 1.08 bits per heavy atom. The largest absolute Gasteiger partial charge is 0.468 e. The highest BCUT2D eigenvalue weighted by atomic mass is 16.6. The van der Waals surface area contributed by atoms with Crippen LogP contribution in [0.25, 0.3) is 44.1 Å². The molecule has 0 spiro atoms. The molecule has 2 unspecified atom stereocenters. The number of rotatable bonds is 9. The van der Waals surface area contributed by atoms with E-state index in [1.807, 2.05) is 36.4 Å². The van der Waals surface area contributed by atoms with Gasteiger partial charge in [-0.05, 0) is 104 Å². The van der Waals surface area contributed by atoms with E-state index in [1.165, 1.54) is 30.4 Å². The van der Waals surface area contributed by atoms with Gasteiger partial charge in [-0.2, -0.15) is 0 Å². The predicted octanol–water partition coefficient (Wildman–Crippen LogP) is 7.59. The van der Waals surface area contributed by atoms with Gasteiger partial charge in [0.2, 0.25) is 11.9 Å². The minimum atomic E-state index is -0.762. The summed E-state index contributed by atoms with van der Waals surface area (Å²) in [6, 6.07) is 31.7. The number of esters is 2. The number of alkyl carbamates (subject to hydrolysis) is 1. The Balaban J connectivity index is 0.000000193. The maximum absolute atomic E-state index is 12.4. The summed E-state index contributed by atoms with van der Waals surface area (Å²) in [6.07, 6.45) is 5.96. The van der Waals surface area contributed by atoms with E-state index in [0.29, 0.717) is 31.9 Å². The van der Waals surface area contributed by atoms with Gasteiger partial charge in [0, 0.05) is 49.7 Å². The fourth-order valence-corrected chi connectivity index (χ4v) is 8.17. The van der Waals surface area contributed by atoms with Crippen molar-refractivity contribution in [3.05, 3.63) is 109 Å². The van der Waals surface area contributed by atoms with Crippen LogP contribution in [0, 0.1) is 11.8 Å². The Bertz CT molecular complexity index is 2530. The first-order valence-electron chi connectivity index (χ1n) is 21.4. The first-order valence-corrected chi connectivity index (χ1v) is 21.4. The standard InChI is InChI=1S/C27H32N4O4.C22H24N4O2/c1-27(2,3)35-26(33)30-23(24(32)34-4)19-12-15-31(16-13-19)25-28-14-11-22(29-25)21-10-9-18-7-5-6-8-20(18)17-21;1-28-21(27)20(23)16-9-12-26(13-10-16)22-24-11-8-19(25-22)18-7-6-15-4-2-3-5-17(15)14-18/h5-11,14,17,19,23H,12-13,15-16H2,1-4H3,(H,30,33);2-8,11,14,16,20H,9-10,12-13,23H2,1H3. The molecule has 1 amide bonds. The van der Waals surface area contributed by atoms with Crippen molar-refractivity contribution in [2.75, 3.05) is 50.2 Å². The van der Waals surface area contributed by atoms with Crippen LogP contribution >= 0.6 is 0 Å². The second-order valence-corrected chi connectivity index (χ2v) is 17.0. The Hall–Kier alpha value is -6.67. The molecule has 6 aromatic rings. The molecule has 0 radical (unpaired) electrons. The summed E-state index contributed by atoms with van der Waals surface area (Å²) in [7, 11) is 2.71. The van der Waals surface area contributed by atoms with Gasteiger partial charge >= 0.3 is 18.0 Å². The molecule has 2 aromatic heterocycles. The van der Waals surface area contributed by atoms with Crippen LogP contribution in [0.4, 0.5) is 16.7 Å². The Morgan fingerprint density at radius 3 is 1.52 bits per heavy atom. The average molecular weight is 853 g/mol. The highest BCUT2D eigenvalue weighted by molar-refractivity contribution is 5.88. The van der Waals surface area contributed by atoms with Gasteiger partial charge in [0.05, 0.1) is 25.6 Å². The van der Waals surface area contributed by atoms with Crippen molar-refractivity contribution in [3.63, 3.8) is 0 Å². The van der Waals surface area contributed by atoms with Gasteiger partial charge < -0.3 is 35.1 Å². The Kier molecular flexibility index (Phi) is 14.1. The van der Waals surface area contributed by atoms with E-state index in [9.17, 15) is 14.4 Å². The highest BCUT2D eigenvalue weighted by Gasteiger charge is 2.35. The van der Waals surface area contributed by atoms with Crippen molar-refractivity contribution in [2.45, 2.75) is 64.1 Å². The number of piperidine rings is 2. The molecule has 14 nitrogen and oxygen atoms in total. The molecule has 4 heterocycles. The number of ether oxygens (including phenoxy) is 3. The third-order valence-corrected chi connectivity index (χ3v) is 11.6. The molecule has 2 atom stereocenters. The zero-order valence-corrected chi connectivity index (χ0v) is 36.6. The fourth-order valence-electron chi connectivity index (χ4n) is 8.17. The second-order valence-electron chi connectivity index (χ2n) is 17.0. The lowest BCUT2D eigenvalue weighted by atomic mass is 9.89. The SMILES string of the molecule is COC(=O)C(N)C1CCN(c2nccc(-c3ccc4ccccc4c3)n2)CC1.COC(=O)C(NC(=O)OC(C)(C)C)C1CCN(c2nccc(-c3ccc4ccccc4c3)n2)CC1. The molecule has 3 N–H and O–H groups in total. The van der Waals surface area contributed by atoms with Crippen molar-refractivity contribution in [2.24, 2.45) is 17.6 Å². The lowest BCUT2D eigenvalue weighted by molar-refractivity contribution is -0.145. The number of amides is 1. The smallest absolute Gasteiger partial charge is 0.408 e. The van der Waals surface area contributed by atoms with Crippen LogP contribution in [0.2, 0.25) is 0 Å². The van der Waals surface area contributed by atoms with Crippen molar-refractivity contribution in [1.82, 2.24) is 25.3 Å². The monoisotopic (exact) mass is 852 g/mol. The van der Waals surface area contributed by atoms with Gasteiger partial charge in [-0.1, -0.05) is 72.8 Å². The molecule has 0 bridgehead atoms. The second kappa shape index (κ2) is 20.0. The topological polar surface area (TPSA) is 175 Å². The third-order valence-electron chi connectivity index (χ3n) is 11.6. The van der Waals surface area contributed by atoms with Gasteiger partial charge in [0.25, 0.3) is 0 Å². The average Bonchev–Trinajstić information content (AvgIpc) is 3.32. The fraction of sp³-hybridized carbons (Fsp3) is 0.367. The van der Waals surface area contributed by atoms with Gasteiger partial charge in [0.15, 0.2) is 0 Å². The molecule has 8 rings (SSSR count). The summed E-state index contributed by atoms with van der Waals surface area (Å²) >= 11 is 0. The number of nitrogens with one attached hydrogen (secondary N) is 1. The first-order chi connectivity index (χ1) is 30.4. The van der Waals surface area contributed by atoms with Gasteiger partial charge in [-0.3, -0.25) is 4.79 Å². The van der Waals surface area contributed by atoms with Gasteiger partial charge in [0.1, 0.15) is 17.7 Å². The summed E-state index contributed by atoms with van der Waals surface area (Å²) in [5.41, 5.74) is 9.24. The number of nitrogens with zero attached hydrogens (tertiary/aromatic N) is 6. The summed E-state index contributed by atoms with van der Waals surface area (Å²) in [4.78, 5) is 59.2. The van der Waals surface area contributed by atoms with Crippen molar-refractivity contribution < 1.29 is 28.6 Å². The number of hydrogen-bond donors (Lipinski definition) is 2. The van der Waals surface area contributed by atoms with E-state index in [-0.39, 0.29) is 17.8 Å². The van der Waals surface area contributed by atoms with E-state index >= 15 is 0 Å². The molecular formula is C49H56N8O6. The minimum absolute atomic E-state index is 0.0742. The van der Waals surface area contributed by atoms with E-state index < -0.39 is 29.7 Å². The lowest BCUT2D eigenvalue weighted by Crippen LogP contribution is -2.51. The van der Waals surface area contributed by atoms with Crippen LogP contribution in [0.5, 0.6) is 0 Å². The van der Waals surface area contributed by atoms with Crippen molar-refractivity contribution in [1.29, 1.82) is 0 Å². The first kappa shape index (κ1) is 44.4. The maximum Gasteiger partial charge on any atom is 0.408 e. The van der Waals surface area contributed by atoms with Gasteiger partial charge in [-0.25, -0.2) is 29.5 Å². The number of fused-ring (bicyclic) bond motifs is 2. The molecule has 14 heteroatoms. The zero-order chi connectivity index (χ0) is 44.5. The number of benzene rings is 4. The van der Waals surface area contributed by atoms with Crippen LogP contribution in [0.3, 0.4) is 0 Å². The molecule has 2 aliphatic heterocycles. The van der Waals surface area contributed by atoms with Crippen LogP contribution in [0.1, 0.15) is 46.5 Å². The molecule has 0 aliphatic carbocycles. The normalized spacial score (nSPS) is 15.8. The zero-order valence-electron chi connectivity index (χ0n) is 36.6. The number of anilines is 2. The molecular weight excluding hydrogens is 797 g/mol. The number of aromatic nitrogens is 4. The van der Waals surface area contributed by atoms with E-state index in [1.54, 1.807) is 33.2 Å². The predicted molar refractivity (Wildman–Crippen MR) is 245 cm³/mol. The lowest BCUT2D eigenvalue weighted by Gasteiger charge is -2.35. The van der Waals surface area contributed by atoms with Crippen molar-refractivity contribution >= 4 is 51.5 Å². The van der Waals surface area contributed by atoms with Crippen LogP contribution in [0.15, 0.2) is 109 Å². The number of hydrogen-bond acceptors (Lipinski definition) is 13. The van der Waals surface area contributed by atoms with Crippen LogP contribution in [-0.2, 0) is 23.8 Å². The van der Waals surface area contributed by atoms with E-state index in [2.05, 4.69) is 85.7 Å². The summed E-state index contributed by atoms with van der Waals surface area (Å²) < 4.78 is 15.1. The molecule has 4 aromatic carbocycles. The quantitative estimate of drug-likeness (QED) is 0.108. The number of nitrogens with two attached hydrogens (primary N) is 1. The molecule has 2 aliphatic rings. The summed E-state index contributed by atoms with van der Waals surface area (Å²) in [6.45, 7) is 8.22. The number of methoxy groups -OCH3 is 2. The van der Waals surface area contributed by atoms with Crippen LogP contribution < -0.4 is 20.9 Å². The highest BCUT2D eigenvalue weighted by Crippen LogP contribution is 2.29. The van der Waals surface area contributed by atoms with Crippen molar-refractivity contribution in [3.8, 4) is 22.5 Å². The Morgan fingerprint density at radius 1 is 0.635 bits per heavy atom. The van der Waals surface area contributed by atoms with E-state index in [0.717, 1.165) is 59.8 Å². The Labute approximate surface area is 368 Å². The number of carbonyl (C=O) groups excluding carboxylic acids is 3. The molecule has 2 fully saturated rings.